The lowest BCUT2D eigenvalue weighted by Gasteiger charge is -2.16. The van der Waals surface area contributed by atoms with Crippen molar-refractivity contribution in [3.63, 3.8) is 0 Å². The maximum absolute atomic E-state index is 10.4. The van der Waals surface area contributed by atoms with Crippen molar-refractivity contribution in [1.29, 1.82) is 5.26 Å². The summed E-state index contributed by atoms with van der Waals surface area (Å²) in [6.07, 6.45) is 0. The van der Waals surface area contributed by atoms with Gasteiger partial charge in [0.15, 0.2) is 0 Å². The van der Waals surface area contributed by atoms with Gasteiger partial charge in [0, 0.05) is 45.9 Å². The summed E-state index contributed by atoms with van der Waals surface area (Å²) in [5.41, 5.74) is 9.55. The molecule has 0 saturated heterocycles. The number of thiophene rings is 2. The monoisotopic (exact) mass is 619 g/mol. The predicted octanol–water partition coefficient (Wildman–Crippen LogP) is 13.0. The van der Waals surface area contributed by atoms with Crippen LogP contribution < -0.4 is 0 Å². The number of hydrogen-bond donors (Lipinski definition) is 0. The largest absolute Gasteiger partial charge is 0.192 e. The SMILES string of the molecule is N#Cc1cccc(-c2ccccc2)c1-c1cc(-c2cccc3c2sc2ccccc23)cc(-c2cccc3c2sc2ccccc23)c1. The third kappa shape index (κ3) is 4.27. The topological polar surface area (TPSA) is 23.8 Å². The van der Waals surface area contributed by atoms with Crippen molar-refractivity contribution in [2.45, 2.75) is 0 Å². The van der Waals surface area contributed by atoms with Crippen molar-refractivity contribution >= 4 is 63.0 Å². The number of nitrogens with zero attached hydrogens (tertiary/aromatic N) is 1. The summed E-state index contributed by atoms with van der Waals surface area (Å²) in [6, 6.07) is 56.6. The smallest absolute Gasteiger partial charge is 0.0998 e. The average Bonchev–Trinajstić information content (AvgIpc) is 3.70. The Labute approximate surface area is 274 Å². The molecule has 1 nitrogen and oxygen atoms in total. The zero-order valence-electron chi connectivity index (χ0n) is 24.7. The molecule has 0 aliphatic carbocycles. The molecule has 0 radical (unpaired) electrons. The van der Waals surface area contributed by atoms with Gasteiger partial charge in [-0.05, 0) is 75.3 Å². The highest BCUT2D eigenvalue weighted by molar-refractivity contribution is 7.26. The molecule has 0 aliphatic rings. The lowest BCUT2D eigenvalue weighted by atomic mass is 9.87. The highest BCUT2D eigenvalue weighted by Crippen LogP contribution is 2.46. The van der Waals surface area contributed by atoms with Crippen LogP contribution in [0.15, 0.2) is 152 Å². The van der Waals surface area contributed by atoms with E-state index < -0.39 is 0 Å². The Morgan fingerprint density at radius 3 is 1.46 bits per heavy atom. The van der Waals surface area contributed by atoms with E-state index in [1.165, 1.54) is 51.5 Å². The number of hydrogen-bond acceptors (Lipinski definition) is 3. The summed E-state index contributed by atoms with van der Waals surface area (Å²) in [4.78, 5) is 0. The molecule has 0 fully saturated rings. The van der Waals surface area contributed by atoms with Crippen molar-refractivity contribution in [2.24, 2.45) is 0 Å². The van der Waals surface area contributed by atoms with Gasteiger partial charge in [-0.2, -0.15) is 5.26 Å². The second-order valence-electron chi connectivity index (χ2n) is 11.6. The molecule has 7 aromatic carbocycles. The molecule has 2 heterocycles. The van der Waals surface area contributed by atoms with Crippen LogP contribution in [0.25, 0.3) is 84.9 Å². The third-order valence-corrected chi connectivity index (χ3v) is 11.4. The third-order valence-electron chi connectivity index (χ3n) is 8.92. The van der Waals surface area contributed by atoms with Gasteiger partial charge < -0.3 is 0 Å². The molecule has 2 aromatic heterocycles. The molecular weight excluding hydrogens is 595 g/mol. The first-order valence-corrected chi connectivity index (χ1v) is 17.0. The van der Waals surface area contributed by atoms with Gasteiger partial charge in [-0.3, -0.25) is 0 Å². The summed E-state index contributed by atoms with van der Waals surface area (Å²) in [5, 5.41) is 15.6. The molecule has 0 saturated carbocycles. The molecular formula is C43H25NS2. The van der Waals surface area contributed by atoms with Gasteiger partial charge in [0.25, 0.3) is 0 Å². The van der Waals surface area contributed by atoms with Gasteiger partial charge in [-0.25, -0.2) is 0 Å². The van der Waals surface area contributed by atoms with Crippen molar-refractivity contribution in [2.75, 3.05) is 0 Å². The lowest BCUT2D eigenvalue weighted by molar-refractivity contribution is 1.47. The van der Waals surface area contributed by atoms with Crippen LogP contribution in [0, 0.1) is 11.3 Å². The van der Waals surface area contributed by atoms with Gasteiger partial charge >= 0.3 is 0 Å². The number of fused-ring (bicyclic) bond motifs is 6. The van der Waals surface area contributed by atoms with Crippen LogP contribution in [0.5, 0.6) is 0 Å². The molecule has 9 aromatic rings. The molecule has 0 N–H and O–H groups in total. The predicted molar refractivity (Wildman–Crippen MR) is 199 cm³/mol. The van der Waals surface area contributed by atoms with E-state index in [0.717, 1.165) is 33.4 Å². The van der Waals surface area contributed by atoms with E-state index in [0.29, 0.717) is 5.56 Å². The molecule has 46 heavy (non-hydrogen) atoms. The van der Waals surface area contributed by atoms with Crippen LogP contribution in [0.1, 0.15) is 5.56 Å². The Hall–Kier alpha value is -5.53. The minimum Gasteiger partial charge on any atom is -0.192 e. The van der Waals surface area contributed by atoms with Crippen molar-refractivity contribution in [3.8, 4) is 50.6 Å². The molecule has 0 amide bonds. The van der Waals surface area contributed by atoms with Gasteiger partial charge in [-0.1, -0.05) is 115 Å². The van der Waals surface area contributed by atoms with E-state index in [4.69, 9.17) is 0 Å². The molecule has 0 unspecified atom stereocenters. The van der Waals surface area contributed by atoms with Crippen molar-refractivity contribution in [1.82, 2.24) is 0 Å². The summed E-state index contributed by atoms with van der Waals surface area (Å²) in [6.45, 7) is 0. The normalized spacial score (nSPS) is 11.5. The van der Waals surface area contributed by atoms with Crippen molar-refractivity contribution < 1.29 is 0 Å². The van der Waals surface area contributed by atoms with Crippen LogP contribution in [-0.2, 0) is 0 Å². The Morgan fingerprint density at radius 1 is 0.391 bits per heavy atom. The Morgan fingerprint density at radius 2 is 0.870 bits per heavy atom. The van der Waals surface area contributed by atoms with Crippen LogP contribution in [-0.4, -0.2) is 0 Å². The maximum atomic E-state index is 10.4. The molecule has 214 valence electrons. The number of nitriles is 1. The zero-order valence-corrected chi connectivity index (χ0v) is 26.3. The van der Waals surface area contributed by atoms with E-state index in [1.54, 1.807) is 0 Å². The van der Waals surface area contributed by atoms with Crippen LogP contribution >= 0.6 is 22.7 Å². The fraction of sp³-hybridized carbons (Fsp3) is 0. The molecule has 0 atom stereocenters. The first-order chi connectivity index (χ1) is 22.8. The standard InChI is InChI=1S/C43H25NS2/c44-26-28-13-8-16-32(27-11-2-1-3-12-27)41(28)31-24-29(33-17-9-19-37-35-14-4-6-21-39(35)45-42(33)37)23-30(25-31)34-18-10-20-38-36-15-5-7-22-40(36)46-43(34)38/h1-25H. The summed E-state index contributed by atoms with van der Waals surface area (Å²) < 4.78 is 5.14. The molecule has 3 heteroatoms. The summed E-state index contributed by atoms with van der Waals surface area (Å²) >= 11 is 3.70. The zero-order chi connectivity index (χ0) is 30.6. The number of benzene rings is 7. The quantitative estimate of drug-likeness (QED) is 0.192. The van der Waals surface area contributed by atoms with E-state index in [-0.39, 0.29) is 0 Å². The number of rotatable bonds is 4. The fourth-order valence-corrected chi connectivity index (χ4v) is 9.32. The Kier molecular flexibility index (Phi) is 6.31. The maximum Gasteiger partial charge on any atom is 0.0998 e. The van der Waals surface area contributed by atoms with Crippen molar-refractivity contribution in [3.05, 3.63) is 157 Å². The Balaban J connectivity index is 1.38. The van der Waals surface area contributed by atoms with Gasteiger partial charge in [0.2, 0.25) is 0 Å². The molecule has 0 spiro atoms. The minimum atomic E-state index is 0.671. The van der Waals surface area contributed by atoms with E-state index in [2.05, 4.69) is 140 Å². The summed E-state index contributed by atoms with van der Waals surface area (Å²) in [5.74, 6) is 0. The molecule has 9 rings (SSSR count). The first-order valence-electron chi connectivity index (χ1n) is 15.3. The van der Waals surface area contributed by atoms with E-state index in [9.17, 15) is 5.26 Å². The van der Waals surface area contributed by atoms with Gasteiger partial charge in [-0.15, -0.1) is 22.7 Å². The second-order valence-corrected chi connectivity index (χ2v) is 13.7. The Bertz CT molecular complexity index is 2520. The fourth-order valence-electron chi connectivity index (χ4n) is 6.85. The van der Waals surface area contributed by atoms with Crippen LogP contribution in [0.2, 0.25) is 0 Å². The van der Waals surface area contributed by atoms with Gasteiger partial charge in [0.05, 0.1) is 11.6 Å². The summed E-state index contributed by atoms with van der Waals surface area (Å²) in [7, 11) is 0. The van der Waals surface area contributed by atoms with E-state index >= 15 is 0 Å². The average molecular weight is 620 g/mol. The van der Waals surface area contributed by atoms with Crippen LogP contribution in [0.3, 0.4) is 0 Å². The van der Waals surface area contributed by atoms with Gasteiger partial charge in [0.1, 0.15) is 0 Å². The first kappa shape index (κ1) is 26.8. The minimum absolute atomic E-state index is 0.671. The molecule has 0 aliphatic heterocycles. The van der Waals surface area contributed by atoms with Crippen LogP contribution in [0.4, 0.5) is 0 Å². The second kappa shape index (κ2) is 10.8. The highest BCUT2D eigenvalue weighted by Gasteiger charge is 2.19. The highest BCUT2D eigenvalue weighted by atomic mass is 32.1. The lowest BCUT2D eigenvalue weighted by Crippen LogP contribution is -1.92. The van der Waals surface area contributed by atoms with E-state index in [1.807, 2.05) is 40.9 Å². The molecule has 0 bridgehead atoms.